The van der Waals surface area contributed by atoms with Crippen molar-refractivity contribution in [3.63, 3.8) is 0 Å². The molecule has 0 spiro atoms. The average molecular weight is 295 g/mol. The lowest BCUT2D eigenvalue weighted by molar-refractivity contribution is -0.132. The van der Waals surface area contributed by atoms with Gasteiger partial charge in [0.05, 0.1) is 0 Å². The molecule has 0 bridgehead atoms. The summed E-state index contributed by atoms with van der Waals surface area (Å²) in [5.74, 6) is -0.00311. The maximum absolute atomic E-state index is 11.8. The van der Waals surface area contributed by atoms with Gasteiger partial charge in [0.1, 0.15) is 0 Å². The smallest absolute Gasteiger partial charge is 0.223 e. The van der Waals surface area contributed by atoms with E-state index in [1.807, 2.05) is 17.0 Å². The molecule has 0 atom stereocenters. The van der Waals surface area contributed by atoms with Crippen molar-refractivity contribution in [1.82, 2.24) is 10.2 Å². The molecule has 108 valence electrons. The molecule has 1 aromatic carbocycles. The van der Waals surface area contributed by atoms with Crippen molar-refractivity contribution in [1.29, 1.82) is 0 Å². The molecule has 20 heavy (non-hydrogen) atoms. The third-order valence-electron chi connectivity index (χ3n) is 3.43. The second-order valence-electron chi connectivity index (χ2n) is 4.99. The molecule has 1 heterocycles. The summed E-state index contributed by atoms with van der Waals surface area (Å²) < 4.78 is 0. The highest BCUT2D eigenvalue weighted by molar-refractivity contribution is 6.30. The Morgan fingerprint density at radius 2 is 1.75 bits per heavy atom. The van der Waals surface area contributed by atoms with Gasteiger partial charge in [0, 0.05) is 37.5 Å². The Labute approximate surface area is 124 Å². The van der Waals surface area contributed by atoms with Crippen LogP contribution in [0.1, 0.15) is 31.2 Å². The molecule has 4 nitrogen and oxygen atoms in total. The van der Waals surface area contributed by atoms with E-state index in [4.69, 9.17) is 11.6 Å². The number of hydrogen-bond acceptors (Lipinski definition) is 2. The summed E-state index contributed by atoms with van der Waals surface area (Å²) in [4.78, 5) is 25.3. The van der Waals surface area contributed by atoms with Crippen molar-refractivity contribution >= 4 is 23.4 Å². The van der Waals surface area contributed by atoms with E-state index in [2.05, 4.69) is 5.32 Å². The maximum Gasteiger partial charge on any atom is 0.223 e. The molecule has 1 aliphatic rings. The first-order valence-electron chi connectivity index (χ1n) is 6.94. The number of halogens is 1. The van der Waals surface area contributed by atoms with Crippen molar-refractivity contribution in [2.24, 2.45) is 0 Å². The Bertz CT molecular complexity index is 467. The molecule has 0 aliphatic carbocycles. The van der Waals surface area contributed by atoms with Gasteiger partial charge in [-0.05, 0) is 30.5 Å². The van der Waals surface area contributed by atoms with Gasteiger partial charge in [-0.25, -0.2) is 0 Å². The predicted molar refractivity (Wildman–Crippen MR) is 78.3 cm³/mol. The summed E-state index contributed by atoms with van der Waals surface area (Å²) in [6.07, 6.45) is 2.71. The van der Waals surface area contributed by atoms with Crippen LogP contribution in [0.5, 0.6) is 0 Å². The highest BCUT2D eigenvalue weighted by Gasteiger charge is 2.18. The number of nitrogens with zero attached hydrogens (tertiary/aromatic N) is 1. The largest absolute Gasteiger partial charge is 0.352 e. The van der Waals surface area contributed by atoms with Crippen LogP contribution >= 0.6 is 11.6 Å². The van der Waals surface area contributed by atoms with Crippen LogP contribution in [0.3, 0.4) is 0 Å². The number of nitrogens with one attached hydrogen (secondary N) is 1. The topological polar surface area (TPSA) is 49.4 Å². The molecule has 1 N–H and O–H groups in total. The molecule has 1 aliphatic heterocycles. The number of carbonyl (C=O) groups excluding carboxylic acids is 2. The monoisotopic (exact) mass is 294 g/mol. The third kappa shape index (κ3) is 4.53. The molecule has 2 amide bonds. The van der Waals surface area contributed by atoms with Gasteiger partial charge in [-0.3, -0.25) is 9.59 Å². The Morgan fingerprint density at radius 3 is 2.40 bits per heavy atom. The molecule has 0 saturated carbocycles. The Kier molecular flexibility index (Phi) is 5.41. The molecule has 1 fully saturated rings. The van der Waals surface area contributed by atoms with Crippen LogP contribution in [0.4, 0.5) is 0 Å². The number of rotatable bonds is 5. The van der Waals surface area contributed by atoms with E-state index in [1.165, 1.54) is 0 Å². The number of hydrogen-bond donors (Lipinski definition) is 1. The quantitative estimate of drug-likeness (QED) is 0.906. The minimum absolute atomic E-state index is 0.0872. The minimum atomic E-state index is -0.0903. The summed E-state index contributed by atoms with van der Waals surface area (Å²) in [5.41, 5.74) is 0.994. The molecule has 1 aromatic rings. The van der Waals surface area contributed by atoms with Gasteiger partial charge in [0.15, 0.2) is 0 Å². The fourth-order valence-electron chi connectivity index (χ4n) is 2.24. The molecular formula is C15H19ClN2O2. The van der Waals surface area contributed by atoms with E-state index in [9.17, 15) is 9.59 Å². The lowest BCUT2D eigenvalue weighted by atomic mass is 10.2. The fraction of sp³-hybridized carbons (Fsp3) is 0.467. The second-order valence-corrected chi connectivity index (χ2v) is 5.43. The van der Waals surface area contributed by atoms with E-state index in [0.29, 0.717) is 18.0 Å². The van der Waals surface area contributed by atoms with Gasteiger partial charge in [-0.2, -0.15) is 0 Å². The highest BCUT2D eigenvalue weighted by Crippen LogP contribution is 2.11. The molecule has 5 heteroatoms. The lowest BCUT2D eigenvalue weighted by Gasteiger charge is -2.14. The number of likely N-dealkylation sites (tertiary alicyclic amines) is 1. The van der Waals surface area contributed by atoms with Gasteiger partial charge in [-0.15, -0.1) is 0 Å². The van der Waals surface area contributed by atoms with E-state index < -0.39 is 0 Å². The van der Waals surface area contributed by atoms with E-state index in [0.717, 1.165) is 31.5 Å². The number of benzene rings is 1. The zero-order valence-electron chi connectivity index (χ0n) is 11.4. The fourth-order valence-corrected chi connectivity index (χ4v) is 2.36. The summed E-state index contributed by atoms with van der Waals surface area (Å²) in [6, 6.07) is 7.33. The standard InChI is InChI=1S/C15H19ClN2O2/c16-13-5-3-12(4-6-13)11-17-14(19)7-8-15(20)18-9-1-2-10-18/h3-6H,1-2,7-11H2,(H,17,19). The molecule has 0 aromatic heterocycles. The van der Waals surface area contributed by atoms with Crippen LogP contribution in [0.15, 0.2) is 24.3 Å². The highest BCUT2D eigenvalue weighted by atomic mass is 35.5. The normalized spacial score (nSPS) is 14.3. The molecule has 2 rings (SSSR count). The third-order valence-corrected chi connectivity index (χ3v) is 3.68. The van der Waals surface area contributed by atoms with Crippen LogP contribution < -0.4 is 5.32 Å². The van der Waals surface area contributed by atoms with Crippen molar-refractivity contribution in [3.8, 4) is 0 Å². The van der Waals surface area contributed by atoms with Crippen LogP contribution in [0.2, 0.25) is 5.02 Å². The minimum Gasteiger partial charge on any atom is -0.352 e. The Hall–Kier alpha value is -1.55. The van der Waals surface area contributed by atoms with Crippen molar-refractivity contribution in [2.75, 3.05) is 13.1 Å². The summed E-state index contributed by atoms with van der Waals surface area (Å²) >= 11 is 5.79. The van der Waals surface area contributed by atoms with Gasteiger partial charge < -0.3 is 10.2 Å². The molecule has 0 unspecified atom stereocenters. The van der Waals surface area contributed by atoms with Crippen LogP contribution in [-0.2, 0) is 16.1 Å². The van der Waals surface area contributed by atoms with E-state index in [1.54, 1.807) is 12.1 Å². The van der Waals surface area contributed by atoms with E-state index >= 15 is 0 Å². The second kappa shape index (κ2) is 7.29. The number of amides is 2. The van der Waals surface area contributed by atoms with Gasteiger partial charge in [0.2, 0.25) is 11.8 Å². The van der Waals surface area contributed by atoms with E-state index in [-0.39, 0.29) is 18.2 Å². The van der Waals surface area contributed by atoms with Gasteiger partial charge >= 0.3 is 0 Å². The Morgan fingerprint density at radius 1 is 1.10 bits per heavy atom. The average Bonchev–Trinajstić information content (AvgIpc) is 2.98. The zero-order valence-corrected chi connectivity index (χ0v) is 12.2. The number of carbonyl (C=O) groups is 2. The summed E-state index contributed by atoms with van der Waals surface area (Å²) in [5, 5.41) is 3.49. The summed E-state index contributed by atoms with van der Waals surface area (Å²) in [6.45, 7) is 2.14. The van der Waals surface area contributed by atoms with Crippen LogP contribution in [0, 0.1) is 0 Å². The first-order valence-corrected chi connectivity index (χ1v) is 7.32. The van der Waals surface area contributed by atoms with Crippen molar-refractivity contribution in [2.45, 2.75) is 32.2 Å². The molecule has 1 saturated heterocycles. The van der Waals surface area contributed by atoms with Crippen LogP contribution in [0.25, 0.3) is 0 Å². The molecule has 0 radical (unpaired) electrons. The lowest BCUT2D eigenvalue weighted by Crippen LogP contribution is -2.30. The van der Waals surface area contributed by atoms with Crippen molar-refractivity contribution in [3.05, 3.63) is 34.9 Å². The van der Waals surface area contributed by atoms with Crippen LogP contribution in [-0.4, -0.2) is 29.8 Å². The van der Waals surface area contributed by atoms with Gasteiger partial charge in [-0.1, -0.05) is 23.7 Å². The zero-order chi connectivity index (χ0) is 14.4. The Balaban J connectivity index is 1.67. The first-order chi connectivity index (χ1) is 9.65. The maximum atomic E-state index is 11.8. The van der Waals surface area contributed by atoms with Gasteiger partial charge in [0.25, 0.3) is 0 Å². The molecular weight excluding hydrogens is 276 g/mol. The van der Waals surface area contributed by atoms with Crippen molar-refractivity contribution < 1.29 is 9.59 Å². The summed E-state index contributed by atoms with van der Waals surface area (Å²) in [7, 11) is 0. The predicted octanol–water partition coefficient (Wildman–Crippen LogP) is 2.36. The SMILES string of the molecule is O=C(CCC(=O)N1CCCC1)NCc1ccc(Cl)cc1. The first kappa shape index (κ1) is 14.9.